The van der Waals surface area contributed by atoms with Crippen molar-refractivity contribution in [3.8, 4) is 5.75 Å². The predicted molar refractivity (Wildman–Crippen MR) is 107 cm³/mol. The second-order valence-corrected chi connectivity index (χ2v) is 7.11. The van der Waals surface area contributed by atoms with Gasteiger partial charge in [-0.15, -0.1) is 0 Å². The number of aryl methyl sites for hydroxylation is 1. The molecule has 2 atom stereocenters. The Morgan fingerprint density at radius 3 is 3.04 bits per heavy atom. The Labute approximate surface area is 162 Å². The number of nitrogen functional groups attached to an aromatic ring is 1. The molecule has 142 valence electrons. The average molecular weight is 375 g/mol. The summed E-state index contributed by atoms with van der Waals surface area (Å²) < 4.78 is 14.4. The van der Waals surface area contributed by atoms with Crippen LogP contribution in [0.5, 0.6) is 5.75 Å². The first-order valence-electron chi connectivity index (χ1n) is 9.40. The Balaban J connectivity index is 1.30. The predicted octanol–water partition coefficient (Wildman–Crippen LogP) is 3.63. The van der Waals surface area contributed by atoms with Crippen LogP contribution in [0.4, 0.5) is 5.82 Å². The summed E-state index contributed by atoms with van der Waals surface area (Å²) in [5.41, 5.74) is 8.79. The van der Waals surface area contributed by atoms with E-state index in [-0.39, 0.29) is 12.3 Å². The molecule has 1 saturated heterocycles. The van der Waals surface area contributed by atoms with Crippen LogP contribution in [-0.4, -0.2) is 32.2 Å². The fraction of sp³-hybridized carbons (Fsp3) is 0.286. The van der Waals surface area contributed by atoms with Crippen molar-refractivity contribution in [3.63, 3.8) is 0 Å². The van der Waals surface area contributed by atoms with Crippen molar-refractivity contribution in [2.75, 3.05) is 12.3 Å². The normalized spacial score (nSPS) is 19.5. The third-order valence-electron chi connectivity index (χ3n) is 5.24. The Bertz CT molecular complexity index is 1160. The number of fused-ring (bicyclic) bond motifs is 2. The van der Waals surface area contributed by atoms with Crippen molar-refractivity contribution in [2.45, 2.75) is 32.1 Å². The van der Waals surface area contributed by atoms with Gasteiger partial charge in [-0.25, -0.2) is 9.97 Å². The summed E-state index contributed by atoms with van der Waals surface area (Å²) >= 11 is 0. The smallest absolute Gasteiger partial charge is 0.147 e. The highest BCUT2D eigenvalue weighted by Crippen LogP contribution is 2.34. The van der Waals surface area contributed by atoms with Crippen LogP contribution in [0.3, 0.4) is 0 Å². The number of aromatic nitrogens is 4. The van der Waals surface area contributed by atoms with E-state index in [0.717, 1.165) is 46.2 Å². The molecule has 1 aromatic carbocycles. The number of rotatable bonds is 4. The maximum atomic E-state index is 6.26. The molecule has 7 heteroatoms. The SMILES string of the molecule is Cc1cc2c(N)ncnc2n1C1CCC(COc2ccc3cccnc3c2)O1. The minimum atomic E-state index is -0.0707. The first-order chi connectivity index (χ1) is 13.7. The van der Waals surface area contributed by atoms with Crippen LogP contribution in [-0.2, 0) is 4.74 Å². The number of anilines is 1. The topological polar surface area (TPSA) is 88.1 Å². The van der Waals surface area contributed by atoms with Crippen molar-refractivity contribution in [2.24, 2.45) is 0 Å². The Morgan fingerprint density at radius 1 is 1.18 bits per heavy atom. The number of hydrogen-bond donors (Lipinski definition) is 1. The van der Waals surface area contributed by atoms with Crippen LogP contribution in [0, 0.1) is 6.92 Å². The van der Waals surface area contributed by atoms with Crippen molar-refractivity contribution >= 4 is 27.8 Å². The summed E-state index contributed by atoms with van der Waals surface area (Å²) in [4.78, 5) is 12.9. The van der Waals surface area contributed by atoms with E-state index < -0.39 is 0 Å². The van der Waals surface area contributed by atoms with Gasteiger partial charge in [-0.05, 0) is 44.0 Å². The molecule has 0 aliphatic carbocycles. The minimum absolute atomic E-state index is 0.0282. The molecule has 4 aromatic rings. The van der Waals surface area contributed by atoms with Crippen molar-refractivity contribution < 1.29 is 9.47 Å². The number of pyridine rings is 1. The summed E-state index contributed by atoms with van der Waals surface area (Å²) in [5.74, 6) is 1.30. The third-order valence-corrected chi connectivity index (χ3v) is 5.24. The van der Waals surface area contributed by atoms with Crippen LogP contribution in [0.15, 0.2) is 48.9 Å². The lowest BCUT2D eigenvalue weighted by atomic mass is 10.2. The van der Waals surface area contributed by atoms with Crippen LogP contribution in [0.1, 0.15) is 24.8 Å². The minimum Gasteiger partial charge on any atom is -0.491 e. The van der Waals surface area contributed by atoms with Gasteiger partial charge in [-0.3, -0.25) is 4.98 Å². The number of nitrogens with two attached hydrogens (primary N) is 1. The van der Waals surface area contributed by atoms with Crippen molar-refractivity contribution in [1.82, 2.24) is 19.5 Å². The second-order valence-electron chi connectivity index (χ2n) is 7.11. The number of hydrogen-bond acceptors (Lipinski definition) is 6. The lowest BCUT2D eigenvalue weighted by Gasteiger charge is -2.18. The van der Waals surface area contributed by atoms with Gasteiger partial charge in [0.1, 0.15) is 36.4 Å². The Kier molecular flexibility index (Phi) is 4.09. The van der Waals surface area contributed by atoms with Gasteiger partial charge in [-0.2, -0.15) is 0 Å². The van der Waals surface area contributed by atoms with Gasteiger partial charge in [0.2, 0.25) is 0 Å². The van der Waals surface area contributed by atoms with E-state index in [1.54, 1.807) is 6.20 Å². The first-order valence-corrected chi connectivity index (χ1v) is 9.40. The van der Waals surface area contributed by atoms with Gasteiger partial charge in [0.05, 0.1) is 17.0 Å². The highest BCUT2D eigenvalue weighted by molar-refractivity contribution is 5.87. The number of nitrogens with zero attached hydrogens (tertiary/aromatic N) is 4. The van der Waals surface area contributed by atoms with E-state index in [4.69, 9.17) is 15.2 Å². The average Bonchev–Trinajstić information content (AvgIpc) is 3.30. The molecule has 7 nitrogen and oxygen atoms in total. The van der Waals surface area contributed by atoms with Crippen LogP contribution in [0.25, 0.3) is 21.9 Å². The molecule has 1 fully saturated rings. The van der Waals surface area contributed by atoms with Crippen molar-refractivity contribution in [1.29, 1.82) is 0 Å². The fourth-order valence-corrected chi connectivity index (χ4v) is 3.86. The van der Waals surface area contributed by atoms with Gasteiger partial charge in [0.25, 0.3) is 0 Å². The van der Waals surface area contributed by atoms with E-state index in [1.807, 2.05) is 43.3 Å². The molecule has 0 bridgehead atoms. The Hall–Kier alpha value is -3.19. The van der Waals surface area contributed by atoms with Gasteiger partial charge < -0.3 is 19.8 Å². The highest BCUT2D eigenvalue weighted by atomic mass is 16.6. The molecule has 0 radical (unpaired) electrons. The molecule has 2 N–H and O–H groups in total. The Morgan fingerprint density at radius 2 is 2.11 bits per heavy atom. The standard InChI is InChI=1S/C21H21N5O2/c1-13-9-17-20(22)24-12-25-21(17)26(13)19-7-6-16(28-19)11-27-15-5-4-14-3-2-8-23-18(14)10-15/h2-5,8-10,12,16,19H,6-7,11H2,1H3,(H2,22,24,25). The molecule has 4 heterocycles. The fourth-order valence-electron chi connectivity index (χ4n) is 3.86. The maximum absolute atomic E-state index is 6.26. The summed E-state index contributed by atoms with van der Waals surface area (Å²) in [6, 6.07) is 11.9. The summed E-state index contributed by atoms with van der Waals surface area (Å²) in [6.07, 6.45) is 5.07. The quantitative estimate of drug-likeness (QED) is 0.586. The summed E-state index contributed by atoms with van der Waals surface area (Å²) in [6.45, 7) is 2.54. The molecule has 1 aliphatic heterocycles. The molecular formula is C21H21N5O2. The van der Waals surface area contributed by atoms with Gasteiger partial charge in [0, 0.05) is 23.3 Å². The number of benzene rings is 1. The molecule has 0 amide bonds. The zero-order chi connectivity index (χ0) is 19.1. The molecule has 3 aromatic heterocycles. The third kappa shape index (κ3) is 2.93. The van der Waals surface area contributed by atoms with Gasteiger partial charge >= 0.3 is 0 Å². The van der Waals surface area contributed by atoms with E-state index in [0.29, 0.717) is 12.4 Å². The summed E-state index contributed by atoms with van der Waals surface area (Å²) in [7, 11) is 0. The zero-order valence-electron chi connectivity index (χ0n) is 15.6. The molecule has 1 aliphatic rings. The molecule has 28 heavy (non-hydrogen) atoms. The molecular weight excluding hydrogens is 354 g/mol. The van der Waals surface area contributed by atoms with E-state index in [2.05, 4.69) is 19.5 Å². The van der Waals surface area contributed by atoms with Crippen LogP contribution < -0.4 is 10.5 Å². The largest absolute Gasteiger partial charge is 0.491 e. The molecule has 0 spiro atoms. The van der Waals surface area contributed by atoms with Gasteiger partial charge in [-0.1, -0.05) is 6.07 Å². The summed E-state index contributed by atoms with van der Waals surface area (Å²) in [5, 5.41) is 1.97. The molecule has 0 saturated carbocycles. The molecule has 2 unspecified atom stereocenters. The second kappa shape index (κ2) is 6.76. The number of ether oxygens (including phenoxy) is 2. The van der Waals surface area contributed by atoms with Gasteiger partial charge in [0.15, 0.2) is 0 Å². The lowest BCUT2D eigenvalue weighted by Crippen LogP contribution is -2.19. The van der Waals surface area contributed by atoms with E-state index >= 15 is 0 Å². The maximum Gasteiger partial charge on any atom is 0.147 e. The zero-order valence-corrected chi connectivity index (χ0v) is 15.6. The van der Waals surface area contributed by atoms with Crippen molar-refractivity contribution in [3.05, 3.63) is 54.6 Å². The molecule has 5 rings (SSSR count). The van der Waals surface area contributed by atoms with Crippen LogP contribution in [0.2, 0.25) is 0 Å². The highest BCUT2D eigenvalue weighted by Gasteiger charge is 2.29. The first kappa shape index (κ1) is 16.9. The lowest BCUT2D eigenvalue weighted by molar-refractivity contribution is -0.0164. The van der Waals surface area contributed by atoms with E-state index in [9.17, 15) is 0 Å². The van der Waals surface area contributed by atoms with E-state index in [1.165, 1.54) is 6.33 Å². The monoisotopic (exact) mass is 375 g/mol. The van der Waals surface area contributed by atoms with Crippen LogP contribution >= 0.6 is 0 Å².